The Hall–Kier alpha value is -4.46. The summed E-state index contributed by atoms with van der Waals surface area (Å²) in [5, 5.41) is 26.2. The van der Waals surface area contributed by atoms with Gasteiger partial charge in [-0.15, -0.1) is 0 Å². The van der Waals surface area contributed by atoms with Gasteiger partial charge in [0.05, 0.1) is 12.5 Å². The zero-order chi connectivity index (χ0) is 29.3. The Kier molecular flexibility index (Phi) is 11.0. The first-order valence-electron chi connectivity index (χ1n) is 12.2. The molecule has 0 spiro atoms. The molecular weight excluding hydrogens is 512 g/mol. The van der Waals surface area contributed by atoms with E-state index in [-0.39, 0.29) is 12.8 Å². The van der Waals surface area contributed by atoms with Gasteiger partial charge in [-0.1, -0.05) is 32.0 Å². The van der Waals surface area contributed by atoms with Crippen molar-refractivity contribution in [2.24, 2.45) is 17.4 Å². The van der Waals surface area contributed by atoms with Crippen LogP contribution in [0.2, 0.25) is 0 Å². The Morgan fingerprint density at radius 2 is 1.54 bits per heavy atom. The lowest BCUT2D eigenvalue weighted by Gasteiger charge is -2.25. The van der Waals surface area contributed by atoms with Crippen molar-refractivity contribution in [3.8, 4) is 0 Å². The summed E-state index contributed by atoms with van der Waals surface area (Å²) in [6.07, 6.45) is 0.276. The maximum atomic E-state index is 13.0. The molecule has 4 amide bonds. The van der Waals surface area contributed by atoms with Crippen LogP contribution in [0.3, 0.4) is 0 Å². The molecule has 0 fully saturated rings. The molecule has 1 heterocycles. The Morgan fingerprint density at radius 3 is 2.13 bits per heavy atom. The number of benzene rings is 1. The summed E-state index contributed by atoms with van der Waals surface area (Å²) in [5.41, 5.74) is 12.9. The number of carbonyl (C=O) groups is 6. The minimum absolute atomic E-state index is 0.107. The molecule has 0 aliphatic carbocycles. The molecule has 39 heavy (non-hydrogen) atoms. The monoisotopic (exact) mass is 546 g/mol. The summed E-state index contributed by atoms with van der Waals surface area (Å²) in [5.74, 6) is -6.72. The quantitative estimate of drug-likeness (QED) is 0.136. The van der Waals surface area contributed by atoms with Gasteiger partial charge < -0.3 is 42.6 Å². The van der Waals surface area contributed by atoms with E-state index in [1.54, 1.807) is 20.0 Å². The van der Waals surface area contributed by atoms with Crippen LogP contribution in [0.4, 0.5) is 0 Å². The zero-order valence-corrected chi connectivity index (χ0v) is 21.6. The normalized spacial score (nSPS) is 14.2. The maximum Gasteiger partial charge on any atom is 0.326 e. The van der Waals surface area contributed by atoms with E-state index in [1.165, 1.54) is 0 Å². The third-order valence-corrected chi connectivity index (χ3v) is 6.00. The highest BCUT2D eigenvalue weighted by Crippen LogP contribution is 2.18. The molecule has 4 unspecified atom stereocenters. The Labute approximate surface area is 223 Å². The van der Waals surface area contributed by atoms with Crippen LogP contribution in [0.1, 0.15) is 38.7 Å². The number of nitrogens with one attached hydrogen (secondary N) is 4. The number of primary amides is 1. The molecule has 0 aliphatic rings. The van der Waals surface area contributed by atoms with Crippen molar-refractivity contribution in [2.45, 2.75) is 63.7 Å². The van der Waals surface area contributed by atoms with Crippen LogP contribution in [-0.2, 0) is 35.2 Å². The first-order chi connectivity index (χ1) is 18.3. The number of carboxylic acids is 2. The number of para-hydroxylation sites is 1. The maximum absolute atomic E-state index is 13.0. The average molecular weight is 547 g/mol. The number of carbonyl (C=O) groups excluding carboxylic acids is 4. The predicted octanol–water partition coefficient (Wildman–Crippen LogP) is -1.03. The molecule has 0 bridgehead atoms. The molecule has 0 saturated carbocycles. The van der Waals surface area contributed by atoms with Crippen molar-refractivity contribution in [1.29, 1.82) is 0 Å². The Morgan fingerprint density at radius 1 is 0.923 bits per heavy atom. The number of amides is 4. The Bertz CT molecular complexity index is 1230. The van der Waals surface area contributed by atoms with Crippen LogP contribution in [0, 0.1) is 5.92 Å². The minimum atomic E-state index is -1.52. The van der Waals surface area contributed by atoms with Gasteiger partial charge in [-0.05, 0) is 30.4 Å². The second-order valence-electron chi connectivity index (χ2n) is 9.46. The Balaban J connectivity index is 2.16. The predicted molar refractivity (Wildman–Crippen MR) is 139 cm³/mol. The summed E-state index contributed by atoms with van der Waals surface area (Å²) in [4.78, 5) is 75.9. The largest absolute Gasteiger partial charge is 0.481 e. The highest BCUT2D eigenvalue weighted by Gasteiger charge is 2.32. The molecule has 0 aliphatic heterocycles. The van der Waals surface area contributed by atoms with Crippen LogP contribution in [0.15, 0.2) is 30.5 Å². The van der Waals surface area contributed by atoms with Crippen LogP contribution >= 0.6 is 0 Å². The lowest BCUT2D eigenvalue weighted by molar-refractivity contribution is -0.144. The highest BCUT2D eigenvalue weighted by atomic mass is 16.4. The molecule has 10 N–H and O–H groups in total. The van der Waals surface area contributed by atoms with Gasteiger partial charge >= 0.3 is 11.9 Å². The topological polar surface area (TPSA) is 247 Å². The van der Waals surface area contributed by atoms with E-state index in [0.29, 0.717) is 0 Å². The number of nitrogens with two attached hydrogens (primary N) is 2. The molecule has 4 atom stereocenters. The smallest absolute Gasteiger partial charge is 0.326 e. The molecule has 2 aromatic rings. The average Bonchev–Trinajstić information content (AvgIpc) is 3.26. The summed E-state index contributed by atoms with van der Waals surface area (Å²) in [6.45, 7) is 3.11. The number of aromatic amines is 1. The van der Waals surface area contributed by atoms with Gasteiger partial charge in [-0.25, -0.2) is 4.79 Å². The van der Waals surface area contributed by atoms with Crippen molar-refractivity contribution < 1.29 is 39.0 Å². The third kappa shape index (κ3) is 9.10. The fourth-order valence-corrected chi connectivity index (χ4v) is 3.90. The number of aliphatic carboxylic acids is 2. The number of rotatable bonds is 15. The molecule has 1 aromatic carbocycles. The lowest BCUT2D eigenvalue weighted by Crippen LogP contribution is -2.58. The van der Waals surface area contributed by atoms with Gasteiger partial charge in [0, 0.05) is 23.5 Å². The van der Waals surface area contributed by atoms with Crippen molar-refractivity contribution >= 4 is 46.5 Å². The first-order valence-corrected chi connectivity index (χ1v) is 12.2. The van der Waals surface area contributed by atoms with E-state index in [9.17, 15) is 33.9 Å². The van der Waals surface area contributed by atoms with Crippen molar-refractivity contribution in [2.75, 3.05) is 0 Å². The van der Waals surface area contributed by atoms with Gasteiger partial charge in [0.2, 0.25) is 23.6 Å². The van der Waals surface area contributed by atoms with Crippen LogP contribution in [0.25, 0.3) is 10.9 Å². The van der Waals surface area contributed by atoms with Gasteiger partial charge in [0.15, 0.2) is 0 Å². The van der Waals surface area contributed by atoms with Crippen molar-refractivity contribution in [1.82, 2.24) is 20.9 Å². The standard InChI is InChI=1S/C25H34N6O8/c1-12(2)21(25(38)39)31-23(36)17(7-8-20(33)34)29-24(37)18(10-19(27)32)30-22(35)15(26)9-13-11-28-16-6-4-3-5-14(13)16/h3-6,11-12,15,17-18,21,28H,7-10,26H2,1-2H3,(H2,27,32)(H,29,37)(H,30,35)(H,31,36)(H,33,34)(H,38,39). The third-order valence-electron chi connectivity index (χ3n) is 6.00. The van der Waals surface area contributed by atoms with Gasteiger partial charge in [0.1, 0.15) is 18.1 Å². The van der Waals surface area contributed by atoms with Crippen LogP contribution in [-0.4, -0.2) is 74.9 Å². The fraction of sp³-hybridized carbons (Fsp3) is 0.440. The number of carboxylic acid groups (broad SMARTS) is 2. The molecule has 0 saturated heterocycles. The minimum Gasteiger partial charge on any atom is -0.481 e. The summed E-state index contributed by atoms with van der Waals surface area (Å²) >= 11 is 0. The molecular formula is C25H34N6O8. The SMILES string of the molecule is CC(C)C(NC(=O)C(CCC(=O)O)NC(=O)C(CC(N)=O)NC(=O)C(N)Cc1c[nH]c2ccccc12)C(=O)O. The zero-order valence-electron chi connectivity index (χ0n) is 21.6. The second kappa shape index (κ2) is 13.9. The molecule has 212 valence electrons. The second-order valence-corrected chi connectivity index (χ2v) is 9.46. The molecule has 14 nitrogen and oxygen atoms in total. The number of H-pyrrole nitrogens is 1. The summed E-state index contributed by atoms with van der Waals surface area (Å²) < 4.78 is 0. The van der Waals surface area contributed by atoms with E-state index in [4.69, 9.17) is 16.6 Å². The number of aromatic nitrogens is 1. The summed E-state index contributed by atoms with van der Waals surface area (Å²) in [7, 11) is 0. The van der Waals surface area contributed by atoms with E-state index < -0.39 is 78.5 Å². The van der Waals surface area contributed by atoms with Crippen molar-refractivity contribution in [3.05, 3.63) is 36.0 Å². The number of hydrogen-bond acceptors (Lipinski definition) is 7. The van der Waals surface area contributed by atoms with Gasteiger partial charge in [-0.2, -0.15) is 0 Å². The lowest BCUT2D eigenvalue weighted by atomic mass is 10.0. The first kappa shape index (κ1) is 30.8. The fourth-order valence-electron chi connectivity index (χ4n) is 3.90. The summed E-state index contributed by atoms with van der Waals surface area (Å²) in [6, 6.07) is 1.98. The van der Waals surface area contributed by atoms with E-state index >= 15 is 0 Å². The van der Waals surface area contributed by atoms with Crippen molar-refractivity contribution in [3.63, 3.8) is 0 Å². The van der Waals surface area contributed by atoms with E-state index in [0.717, 1.165) is 16.5 Å². The van der Waals surface area contributed by atoms with Crippen LogP contribution < -0.4 is 27.4 Å². The highest BCUT2D eigenvalue weighted by molar-refractivity contribution is 5.96. The number of fused-ring (bicyclic) bond motifs is 1. The van der Waals surface area contributed by atoms with Crippen LogP contribution in [0.5, 0.6) is 0 Å². The van der Waals surface area contributed by atoms with E-state index in [1.807, 2.05) is 24.3 Å². The molecule has 14 heteroatoms. The van der Waals surface area contributed by atoms with Gasteiger partial charge in [-0.3, -0.25) is 24.0 Å². The van der Waals surface area contributed by atoms with Gasteiger partial charge in [0.25, 0.3) is 0 Å². The molecule has 0 radical (unpaired) electrons. The number of hydrogen-bond donors (Lipinski definition) is 8. The molecule has 2 rings (SSSR count). The van der Waals surface area contributed by atoms with E-state index in [2.05, 4.69) is 20.9 Å². The molecule has 1 aromatic heterocycles.